The van der Waals surface area contributed by atoms with E-state index >= 15 is 0 Å². The highest BCUT2D eigenvalue weighted by molar-refractivity contribution is 6.51. The van der Waals surface area contributed by atoms with Crippen LogP contribution in [0.1, 0.15) is 29.9 Å². The number of benzene rings is 2. The quantitative estimate of drug-likeness (QED) is 0.355. The number of aryl methyl sites for hydroxylation is 1. The molecule has 1 amide bonds. The van der Waals surface area contributed by atoms with Gasteiger partial charge in [0.25, 0.3) is 5.78 Å². The van der Waals surface area contributed by atoms with E-state index in [1.807, 2.05) is 6.92 Å². The van der Waals surface area contributed by atoms with Gasteiger partial charge in [-0.15, -0.1) is 0 Å². The van der Waals surface area contributed by atoms with Gasteiger partial charge in [0.15, 0.2) is 5.82 Å². The van der Waals surface area contributed by atoms with Crippen molar-refractivity contribution in [1.82, 2.24) is 5.16 Å². The van der Waals surface area contributed by atoms with E-state index in [2.05, 4.69) is 5.16 Å². The Morgan fingerprint density at radius 2 is 1.75 bits per heavy atom. The first-order chi connectivity index (χ1) is 15.4. The van der Waals surface area contributed by atoms with Gasteiger partial charge in [0.05, 0.1) is 25.3 Å². The second kappa shape index (κ2) is 8.58. The van der Waals surface area contributed by atoms with E-state index in [0.717, 1.165) is 0 Å². The molecule has 164 valence electrons. The lowest BCUT2D eigenvalue weighted by molar-refractivity contribution is -0.132. The summed E-state index contributed by atoms with van der Waals surface area (Å²) >= 11 is 0. The number of carbonyl (C=O) groups excluding carboxylic acids is 2. The molecule has 1 aliphatic rings. The van der Waals surface area contributed by atoms with Gasteiger partial charge >= 0.3 is 5.91 Å². The fraction of sp³-hybridized carbons (Fsp3) is 0.208. The highest BCUT2D eigenvalue weighted by atomic mass is 16.5. The molecule has 32 heavy (non-hydrogen) atoms. The maximum atomic E-state index is 13.1. The average molecular weight is 434 g/mol. The summed E-state index contributed by atoms with van der Waals surface area (Å²) in [7, 11) is 1.53. The molecule has 4 rings (SSSR count). The average Bonchev–Trinajstić information content (AvgIpc) is 3.35. The lowest BCUT2D eigenvalue weighted by Crippen LogP contribution is -2.29. The highest BCUT2D eigenvalue weighted by Gasteiger charge is 2.48. The molecule has 2 heterocycles. The highest BCUT2D eigenvalue weighted by Crippen LogP contribution is 2.42. The van der Waals surface area contributed by atoms with Gasteiger partial charge in [-0.3, -0.25) is 14.5 Å². The molecule has 0 bridgehead atoms. The number of aliphatic hydroxyl groups is 1. The first kappa shape index (κ1) is 21.2. The summed E-state index contributed by atoms with van der Waals surface area (Å²) in [5.74, 6) is 0.0428. The number of aromatic nitrogens is 1. The molecule has 1 saturated heterocycles. The van der Waals surface area contributed by atoms with E-state index in [1.54, 1.807) is 61.5 Å². The molecule has 1 aromatic heterocycles. The Bertz CT molecular complexity index is 1180. The first-order valence-corrected chi connectivity index (χ1v) is 10.1. The summed E-state index contributed by atoms with van der Waals surface area (Å²) in [6.45, 7) is 4.08. The Kier molecular flexibility index (Phi) is 5.68. The van der Waals surface area contributed by atoms with Crippen LogP contribution < -0.4 is 14.4 Å². The van der Waals surface area contributed by atoms with E-state index < -0.39 is 17.7 Å². The van der Waals surface area contributed by atoms with Crippen molar-refractivity contribution in [3.05, 3.63) is 77.1 Å². The SMILES string of the molecule is CCOc1ccc([C@H]2/C(=C(\O)c3ccc(OC)cc3)C(=O)C(=O)N2c2cc(C)on2)cc1. The number of hydrogen-bond donors (Lipinski definition) is 1. The van der Waals surface area contributed by atoms with Crippen molar-refractivity contribution in [3.8, 4) is 11.5 Å². The predicted molar refractivity (Wildman–Crippen MR) is 117 cm³/mol. The van der Waals surface area contributed by atoms with Crippen LogP contribution in [0.15, 0.2) is 64.7 Å². The van der Waals surface area contributed by atoms with Crippen LogP contribution in [0.25, 0.3) is 5.76 Å². The minimum atomic E-state index is -0.891. The van der Waals surface area contributed by atoms with Crippen molar-refractivity contribution in [3.63, 3.8) is 0 Å². The summed E-state index contributed by atoms with van der Waals surface area (Å²) in [4.78, 5) is 27.3. The van der Waals surface area contributed by atoms with Gasteiger partial charge < -0.3 is 19.1 Å². The maximum absolute atomic E-state index is 13.1. The van der Waals surface area contributed by atoms with Crippen molar-refractivity contribution >= 4 is 23.3 Å². The van der Waals surface area contributed by atoms with Crippen molar-refractivity contribution in [2.75, 3.05) is 18.6 Å². The van der Waals surface area contributed by atoms with Crippen LogP contribution in [0, 0.1) is 6.92 Å². The minimum absolute atomic E-state index is 0.0371. The summed E-state index contributed by atoms with van der Waals surface area (Å²) in [5, 5.41) is 15.0. The molecule has 1 aliphatic heterocycles. The van der Waals surface area contributed by atoms with Gasteiger partial charge in [0.2, 0.25) is 0 Å². The second-order valence-electron chi connectivity index (χ2n) is 7.20. The van der Waals surface area contributed by atoms with E-state index in [-0.39, 0.29) is 17.2 Å². The van der Waals surface area contributed by atoms with E-state index in [0.29, 0.717) is 35.0 Å². The summed E-state index contributed by atoms with van der Waals surface area (Å²) in [6.07, 6.45) is 0. The number of Topliss-reactive ketones (excluding diaryl/α,β-unsaturated/α-hetero) is 1. The molecular formula is C24H22N2O6. The number of methoxy groups -OCH3 is 1. The third kappa shape index (κ3) is 3.71. The molecule has 0 radical (unpaired) electrons. The van der Waals surface area contributed by atoms with Gasteiger partial charge in [-0.05, 0) is 55.8 Å². The smallest absolute Gasteiger partial charge is 0.301 e. The van der Waals surface area contributed by atoms with Crippen LogP contribution in [-0.2, 0) is 9.59 Å². The second-order valence-corrected chi connectivity index (χ2v) is 7.20. The number of hydrogen-bond acceptors (Lipinski definition) is 7. The van der Waals surface area contributed by atoms with E-state index in [4.69, 9.17) is 14.0 Å². The third-order valence-corrected chi connectivity index (χ3v) is 5.18. The lowest BCUT2D eigenvalue weighted by atomic mass is 9.95. The molecule has 1 atom stereocenters. The zero-order chi connectivity index (χ0) is 22.8. The summed E-state index contributed by atoms with van der Waals surface area (Å²) in [5.41, 5.74) is 0.962. The Labute approximate surface area is 184 Å². The van der Waals surface area contributed by atoms with Crippen molar-refractivity contribution in [2.45, 2.75) is 19.9 Å². The summed E-state index contributed by atoms with van der Waals surface area (Å²) in [6, 6.07) is 14.3. The monoisotopic (exact) mass is 434 g/mol. The summed E-state index contributed by atoms with van der Waals surface area (Å²) < 4.78 is 15.8. The molecule has 8 nitrogen and oxygen atoms in total. The Morgan fingerprint density at radius 1 is 1.09 bits per heavy atom. The van der Waals surface area contributed by atoms with Gasteiger partial charge in [-0.2, -0.15) is 0 Å². The minimum Gasteiger partial charge on any atom is -0.507 e. The van der Waals surface area contributed by atoms with Gasteiger partial charge in [-0.1, -0.05) is 17.3 Å². The molecule has 2 aromatic carbocycles. The number of amides is 1. The Balaban J connectivity index is 1.87. The van der Waals surface area contributed by atoms with Gasteiger partial charge in [-0.25, -0.2) is 0 Å². The zero-order valence-corrected chi connectivity index (χ0v) is 17.9. The zero-order valence-electron chi connectivity index (χ0n) is 17.9. The maximum Gasteiger partial charge on any atom is 0.301 e. The van der Waals surface area contributed by atoms with Crippen LogP contribution in [0.2, 0.25) is 0 Å². The molecule has 0 saturated carbocycles. The number of ketones is 1. The fourth-order valence-corrected chi connectivity index (χ4v) is 3.67. The molecular weight excluding hydrogens is 412 g/mol. The Hall–Kier alpha value is -4.07. The van der Waals surface area contributed by atoms with E-state index in [1.165, 1.54) is 12.0 Å². The standard InChI is InChI=1S/C24H22N2O6/c1-4-31-18-11-5-15(6-12-18)21-20(22(27)16-7-9-17(30-3)10-8-16)23(28)24(29)26(21)19-13-14(2)32-25-19/h5-13,21,27H,4H2,1-3H3/b22-20+/t21-/m0/s1. The topological polar surface area (TPSA) is 102 Å². The number of rotatable bonds is 6. The number of aliphatic hydroxyl groups excluding tert-OH is 1. The molecule has 0 aliphatic carbocycles. The van der Waals surface area contributed by atoms with Crippen LogP contribution in [0.3, 0.4) is 0 Å². The molecule has 1 N–H and O–H groups in total. The van der Waals surface area contributed by atoms with Crippen LogP contribution in [0.4, 0.5) is 5.82 Å². The number of nitrogens with zero attached hydrogens (tertiary/aromatic N) is 2. The van der Waals surface area contributed by atoms with Gasteiger partial charge in [0.1, 0.15) is 23.0 Å². The van der Waals surface area contributed by atoms with Crippen LogP contribution >= 0.6 is 0 Å². The van der Waals surface area contributed by atoms with E-state index in [9.17, 15) is 14.7 Å². The number of ether oxygens (including phenoxy) is 2. The van der Waals surface area contributed by atoms with Crippen molar-refractivity contribution in [1.29, 1.82) is 0 Å². The number of carbonyl (C=O) groups is 2. The van der Waals surface area contributed by atoms with Gasteiger partial charge in [0, 0.05) is 11.6 Å². The third-order valence-electron chi connectivity index (χ3n) is 5.18. The first-order valence-electron chi connectivity index (χ1n) is 10.1. The predicted octanol–water partition coefficient (Wildman–Crippen LogP) is 4.02. The lowest BCUT2D eigenvalue weighted by Gasteiger charge is -2.23. The fourth-order valence-electron chi connectivity index (χ4n) is 3.67. The van der Waals surface area contributed by atoms with Crippen LogP contribution in [-0.4, -0.2) is 35.7 Å². The molecule has 0 spiro atoms. The normalized spacial score (nSPS) is 17.6. The molecule has 0 unspecified atom stereocenters. The molecule has 8 heteroatoms. The van der Waals surface area contributed by atoms with Crippen LogP contribution in [0.5, 0.6) is 11.5 Å². The molecule has 1 fully saturated rings. The molecule has 3 aromatic rings. The Morgan fingerprint density at radius 3 is 2.31 bits per heavy atom. The largest absolute Gasteiger partial charge is 0.507 e. The van der Waals surface area contributed by atoms with Crippen molar-refractivity contribution < 1.29 is 28.7 Å². The number of anilines is 1. The van der Waals surface area contributed by atoms with Crippen molar-refractivity contribution in [2.24, 2.45) is 0 Å².